The van der Waals surface area contributed by atoms with Crippen LogP contribution in [0.3, 0.4) is 0 Å². The normalized spacial score (nSPS) is 8.92. The predicted octanol–water partition coefficient (Wildman–Crippen LogP) is -5.68. The van der Waals surface area contributed by atoms with Gasteiger partial charge < -0.3 is 18.2 Å². The maximum atomic E-state index is 8.52. The van der Waals surface area contributed by atoms with E-state index in [0.29, 0.717) is 0 Å². The number of hydrogen-bond acceptors (Lipinski definition) is 8. The van der Waals surface area contributed by atoms with Crippen LogP contribution in [-0.4, -0.2) is 35.0 Å². The zero-order valence-electron chi connectivity index (χ0n) is 5.87. The second-order valence-electron chi connectivity index (χ2n) is 0.816. The van der Waals surface area contributed by atoms with E-state index >= 15 is 0 Å². The Kier molecular flexibility index (Phi) is 26.8. The molecule has 0 aromatic heterocycles. The van der Waals surface area contributed by atoms with Crippen molar-refractivity contribution in [2.45, 2.75) is 0 Å². The van der Waals surface area contributed by atoms with Gasteiger partial charge in [-0.1, -0.05) is 0 Å². The molecular weight excluding hydrogens is 322 g/mol. The molecule has 0 rings (SSSR count). The zero-order chi connectivity index (χ0) is 9.00. The summed E-state index contributed by atoms with van der Waals surface area (Å²) in [7, 11) is -10.3. The Labute approximate surface area is 119 Å². The first-order valence-electron chi connectivity index (χ1n) is 1.33. The molecule has 0 aromatic carbocycles. The quantitative estimate of drug-likeness (QED) is 0.242. The average Bonchev–Trinajstić information content (AvgIpc) is 1.12. The Hall–Kier alpha value is 1.79. The summed E-state index contributed by atoms with van der Waals surface area (Å²) < 4.78 is 68.2. The number of hydrogen-bond donors (Lipinski definition) is 0. The van der Waals surface area contributed by atoms with Gasteiger partial charge in [-0.3, -0.25) is 16.8 Å². The molecule has 0 amide bonds. The molecule has 0 saturated heterocycles. The third-order valence-electron chi connectivity index (χ3n) is 0. The molecule has 8 nitrogen and oxygen atoms in total. The minimum Gasteiger partial charge on any atom is -0.759 e. The minimum absolute atomic E-state index is 0. The van der Waals surface area contributed by atoms with E-state index in [-0.39, 0.29) is 64.0 Å². The molecule has 72 valence electrons. The van der Waals surface area contributed by atoms with Gasteiger partial charge in [0.05, 0.1) is 0 Å². The molecule has 0 N–H and O–H groups in total. The molecule has 0 aliphatic heterocycles. The predicted molar refractivity (Wildman–Crippen MR) is 20.9 cm³/mol. The van der Waals surface area contributed by atoms with Gasteiger partial charge in [-0.2, -0.15) is 0 Å². The molecule has 0 spiro atoms. The fraction of sp³-hybridized carbons (Fsp3) is 0. The SMILES string of the molecule is O=S(=O)([O-])[O-].O=S(=O)([O-])[O-].[Cr+3].[Mn+2].[Na+]. The van der Waals surface area contributed by atoms with Crippen molar-refractivity contribution >= 4 is 20.8 Å². The maximum absolute atomic E-state index is 8.52. The molecule has 0 aromatic rings. The van der Waals surface area contributed by atoms with Crippen molar-refractivity contribution in [1.29, 1.82) is 0 Å². The van der Waals surface area contributed by atoms with Crippen LogP contribution in [0.2, 0.25) is 0 Å². The van der Waals surface area contributed by atoms with Gasteiger partial charge in [-0.15, -0.1) is 0 Å². The monoisotopic (exact) mass is 322 g/mol. The molecule has 13 heteroatoms. The average molecular weight is 322 g/mol. The van der Waals surface area contributed by atoms with Gasteiger partial charge in [0.2, 0.25) is 0 Å². The minimum atomic E-state index is -5.17. The van der Waals surface area contributed by atoms with E-state index in [1.807, 2.05) is 0 Å². The summed E-state index contributed by atoms with van der Waals surface area (Å²) in [6.07, 6.45) is 0. The number of rotatable bonds is 0. The van der Waals surface area contributed by atoms with Gasteiger partial charge in [0, 0.05) is 20.8 Å². The Morgan fingerprint density at radius 2 is 0.692 bits per heavy atom. The molecule has 13 heavy (non-hydrogen) atoms. The Morgan fingerprint density at radius 1 is 0.692 bits per heavy atom. The van der Waals surface area contributed by atoms with Crippen LogP contribution < -0.4 is 29.6 Å². The molecule has 0 saturated carbocycles. The Balaban J connectivity index is -0.0000000267. The summed E-state index contributed by atoms with van der Waals surface area (Å²) in [6.45, 7) is 0. The first kappa shape index (κ1) is 29.3. The Bertz CT molecular complexity index is 219. The maximum Gasteiger partial charge on any atom is 3.00 e. The summed E-state index contributed by atoms with van der Waals surface area (Å²) in [4.78, 5) is 0. The van der Waals surface area contributed by atoms with Crippen molar-refractivity contribution in [2.24, 2.45) is 0 Å². The smallest absolute Gasteiger partial charge is 0.759 e. The largest absolute Gasteiger partial charge is 3.00 e. The van der Waals surface area contributed by atoms with Gasteiger partial charge in [-0.25, -0.2) is 0 Å². The molecule has 2 radical (unpaired) electrons. The van der Waals surface area contributed by atoms with Gasteiger partial charge in [0.15, 0.2) is 0 Å². The van der Waals surface area contributed by atoms with Crippen LogP contribution in [0.15, 0.2) is 0 Å². The van der Waals surface area contributed by atoms with Crippen molar-refractivity contribution < 1.29 is 99.0 Å². The van der Waals surface area contributed by atoms with Crippen LogP contribution >= 0.6 is 0 Å². The third-order valence-corrected chi connectivity index (χ3v) is 0. The molecule has 0 bridgehead atoms. The van der Waals surface area contributed by atoms with Crippen molar-refractivity contribution in [3.63, 3.8) is 0 Å². The molecule has 0 aliphatic carbocycles. The van der Waals surface area contributed by atoms with E-state index in [1.54, 1.807) is 0 Å². The fourth-order valence-electron chi connectivity index (χ4n) is 0. The first-order chi connectivity index (χ1) is 4.00. The van der Waals surface area contributed by atoms with Crippen LogP contribution in [0.1, 0.15) is 0 Å². The van der Waals surface area contributed by atoms with Crippen LogP contribution in [0.25, 0.3) is 0 Å². The third kappa shape index (κ3) is 597. The Morgan fingerprint density at radius 3 is 0.692 bits per heavy atom. The summed E-state index contributed by atoms with van der Waals surface area (Å²) in [5.74, 6) is 0. The molecule has 0 aliphatic rings. The van der Waals surface area contributed by atoms with Gasteiger partial charge in [0.25, 0.3) is 0 Å². The van der Waals surface area contributed by atoms with Crippen molar-refractivity contribution in [3.05, 3.63) is 0 Å². The first-order valence-corrected chi connectivity index (χ1v) is 4.00. The summed E-state index contributed by atoms with van der Waals surface area (Å²) in [6, 6.07) is 0. The second kappa shape index (κ2) is 11.9. The van der Waals surface area contributed by atoms with Crippen LogP contribution in [-0.2, 0) is 55.2 Å². The van der Waals surface area contributed by atoms with Crippen molar-refractivity contribution in [3.8, 4) is 0 Å². The standard InChI is InChI=1S/Cr.Mn.Na.2H2O4S/c;;;2*1-5(2,3)4/h;;;2*(H2,1,2,3,4)/q+3;+2;+1;;/p-4. The van der Waals surface area contributed by atoms with Gasteiger partial charge in [0.1, 0.15) is 0 Å². The molecular formula is CrMnNaO8S2+2. The van der Waals surface area contributed by atoms with Crippen LogP contribution in [0.5, 0.6) is 0 Å². The van der Waals surface area contributed by atoms with E-state index in [0.717, 1.165) is 0 Å². The topological polar surface area (TPSA) is 161 Å². The summed E-state index contributed by atoms with van der Waals surface area (Å²) in [5, 5.41) is 0. The zero-order valence-corrected chi connectivity index (χ0v) is 12.0. The second-order valence-corrected chi connectivity index (χ2v) is 2.45. The van der Waals surface area contributed by atoms with Gasteiger partial charge in [-0.05, 0) is 0 Å². The van der Waals surface area contributed by atoms with Crippen molar-refractivity contribution in [2.75, 3.05) is 0 Å². The molecule has 0 heterocycles. The van der Waals surface area contributed by atoms with Crippen LogP contribution in [0.4, 0.5) is 0 Å². The van der Waals surface area contributed by atoms with Crippen LogP contribution in [0, 0.1) is 0 Å². The van der Waals surface area contributed by atoms with E-state index < -0.39 is 20.8 Å². The van der Waals surface area contributed by atoms with E-state index in [2.05, 4.69) is 0 Å². The molecule has 0 fully saturated rings. The van der Waals surface area contributed by atoms with E-state index in [4.69, 9.17) is 35.0 Å². The van der Waals surface area contributed by atoms with Crippen molar-refractivity contribution in [1.82, 2.24) is 0 Å². The molecule has 0 unspecified atom stereocenters. The van der Waals surface area contributed by atoms with E-state index in [9.17, 15) is 0 Å². The van der Waals surface area contributed by atoms with E-state index in [1.165, 1.54) is 0 Å². The van der Waals surface area contributed by atoms with Gasteiger partial charge >= 0.3 is 64.0 Å². The summed E-state index contributed by atoms with van der Waals surface area (Å²) >= 11 is 0. The fourth-order valence-corrected chi connectivity index (χ4v) is 0. The summed E-state index contributed by atoms with van der Waals surface area (Å²) in [5.41, 5.74) is 0. The molecule has 0 atom stereocenters.